The van der Waals surface area contributed by atoms with Crippen molar-refractivity contribution in [2.75, 3.05) is 25.1 Å². The van der Waals surface area contributed by atoms with Crippen LogP contribution in [-0.4, -0.2) is 46.9 Å². The molecule has 1 N–H and O–H groups in total. The van der Waals surface area contributed by atoms with E-state index in [2.05, 4.69) is 21.3 Å². The van der Waals surface area contributed by atoms with Gasteiger partial charge in [0.15, 0.2) is 0 Å². The third-order valence-electron chi connectivity index (χ3n) is 3.53. The highest BCUT2D eigenvalue weighted by Gasteiger charge is 2.21. The predicted octanol–water partition coefficient (Wildman–Crippen LogP) is 1.92. The number of thioether (sulfide) groups is 1. The first-order chi connectivity index (χ1) is 9.78. The van der Waals surface area contributed by atoms with Crippen molar-refractivity contribution in [3.05, 3.63) is 30.1 Å². The van der Waals surface area contributed by atoms with Crippen LogP contribution in [0.15, 0.2) is 24.5 Å². The van der Waals surface area contributed by atoms with Crippen LogP contribution in [0.1, 0.15) is 24.8 Å². The highest BCUT2D eigenvalue weighted by molar-refractivity contribution is 7.98. The molecule has 1 aliphatic heterocycles. The Morgan fingerprint density at radius 2 is 2.50 bits per heavy atom. The third kappa shape index (κ3) is 5.13. The second-order valence-electron chi connectivity index (χ2n) is 5.25. The Morgan fingerprint density at radius 3 is 3.25 bits per heavy atom. The molecule has 5 heteroatoms. The minimum absolute atomic E-state index is 0.188. The van der Waals surface area contributed by atoms with E-state index in [4.69, 9.17) is 0 Å². The third-order valence-corrected chi connectivity index (χ3v) is 4.15. The maximum absolute atomic E-state index is 11.8. The molecule has 0 aliphatic carbocycles. The molecule has 1 aromatic rings. The zero-order chi connectivity index (χ0) is 14.2. The lowest BCUT2D eigenvalue weighted by molar-refractivity contribution is -0.121. The van der Waals surface area contributed by atoms with Gasteiger partial charge in [-0.3, -0.25) is 14.7 Å². The van der Waals surface area contributed by atoms with Gasteiger partial charge in [-0.1, -0.05) is 6.07 Å². The van der Waals surface area contributed by atoms with Crippen molar-refractivity contribution in [2.45, 2.75) is 31.8 Å². The number of nitrogens with one attached hydrogen (secondary N) is 1. The Balaban J connectivity index is 1.78. The zero-order valence-electron chi connectivity index (χ0n) is 12.0. The number of hydrogen-bond acceptors (Lipinski definition) is 4. The maximum Gasteiger partial charge on any atom is 0.221 e. The fourth-order valence-electron chi connectivity index (χ4n) is 2.56. The van der Waals surface area contributed by atoms with Gasteiger partial charge in [-0.2, -0.15) is 11.8 Å². The number of aromatic nitrogens is 1. The largest absolute Gasteiger partial charge is 0.352 e. The molecule has 0 saturated carbocycles. The van der Waals surface area contributed by atoms with Crippen LogP contribution in [0.5, 0.6) is 0 Å². The number of piperidine rings is 1. The van der Waals surface area contributed by atoms with Gasteiger partial charge in [-0.15, -0.1) is 0 Å². The van der Waals surface area contributed by atoms with Gasteiger partial charge in [-0.05, 0) is 37.3 Å². The summed E-state index contributed by atoms with van der Waals surface area (Å²) in [6.45, 7) is 2.97. The van der Waals surface area contributed by atoms with Crippen molar-refractivity contribution in [1.82, 2.24) is 15.2 Å². The summed E-state index contributed by atoms with van der Waals surface area (Å²) >= 11 is 1.72. The highest BCUT2D eigenvalue weighted by atomic mass is 32.2. The maximum atomic E-state index is 11.8. The molecule has 2 rings (SSSR count). The lowest BCUT2D eigenvalue weighted by Gasteiger charge is -2.33. The summed E-state index contributed by atoms with van der Waals surface area (Å²) in [6, 6.07) is 4.38. The summed E-state index contributed by atoms with van der Waals surface area (Å²) in [5, 5.41) is 3.16. The number of carbonyl (C=O) groups excluding carboxylic acids is 1. The lowest BCUT2D eigenvalue weighted by Crippen LogP contribution is -2.47. The molecule has 0 unspecified atom stereocenters. The molecule has 0 aromatic carbocycles. The average molecular weight is 293 g/mol. The van der Waals surface area contributed by atoms with Gasteiger partial charge in [0.25, 0.3) is 0 Å². The molecule has 1 saturated heterocycles. The molecule has 1 amide bonds. The van der Waals surface area contributed by atoms with Crippen LogP contribution in [0.25, 0.3) is 0 Å². The molecule has 0 spiro atoms. The van der Waals surface area contributed by atoms with Crippen LogP contribution in [0.3, 0.4) is 0 Å². The lowest BCUT2D eigenvalue weighted by atomic mass is 10.0. The average Bonchev–Trinajstić information content (AvgIpc) is 2.46. The molecular formula is C15H23N3OS. The van der Waals surface area contributed by atoms with E-state index >= 15 is 0 Å². The van der Waals surface area contributed by atoms with Crippen molar-refractivity contribution >= 4 is 17.7 Å². The first kappa shape index (κ1) is 15.3. The van der Waals surface area contributed by atoms with Crippen molar-refractivity contribution in [2.24, 2.45) is 0 Å². The van der Waals surface area contributed by atoms with Gasteiger partial charge in [0, 0.05) is 43.7 Å². The summed E-state index contributed by atoms with van der Waals surface area (Å²) in [6.07, 6.45) is 8.61. The van der Waals surface area contributed by atoms with E-state index in [9.17, 15) is 4.79 Å². The first-order valence-corrected chi connectivity index (χ1v) is 8.57. The Labute approximate surface area is 125 Å². The molecule has 2 heterocycles. The predicted molar refractivity (Wildman–Crippen MR) is 83.7 cm³/mol. The van der Waals surface area contributed by atoms with E-state index in [0.717, 1.165) is 38.2 Å². The molecule has 0 bridgehead atoms. The van der Waals surface area contributed by atoms with Gasteiger partial charge in [0.2, 0.25) is 5.91 Å². The zero-order valence-corrected chi connectivity index (χ0v) is 12.9. The number of rotatable bonds is 6. The number of pyridine rings is 1. The molecule has 0 radical (unpaired) electrons. The number of hydrogen-bond donors (Lipinski definition) is 1. The van der Waals surface area contributed by atoms with Crippen molar-refractivity contribution < 1.29 is 4.79 Å². The molecule has 20 heavy (non-hydrogen) atoms. The van der Waals surface area contributed by atoms with E-state index < -0.39 is 0 Å². The fourth-order valence-corrected chi connectivity index (χ4v) is 2.95. The van der Waals surface area contributed by atoms with Crippen molar-refractivity contribution in [3.63, 3.8) is 0 Å². The minimum atomic E-state index is 0.188. The van der Waals surface area contributed by atoms with Gasteiger partial charge in [0.1, 0.15) is 0 Å². The SMILES string of the molecule is CSCCC(=O)N[C@@H]1CCCN(Cc2cccnc2)C1. The topological polar surface area (TPSA) is 45.2 Å². The van der Waals surface area contributed by atoms with Gasteiger partial charge < -0.3 is 5.32 Å². The van der Waals surface area contributed by atoms with E-state index in [-0.39, 0.29) is 5.91 Å². The summed E-state index contributed by atoms with van der Waals surface area (Å²) in [5.74, 6) is 1.09. The minimum Gasteiger partial charge on any atom is -0.352 e. The van der Waals surface area contributed by atoms with Crippen LogP contribution in [0.4, 0.5) is 0 Å². The highest BCUT2D eigenvalue weighted by Crippen LogP contribution is 2.13. The first-order valence-electron chi connectivity index (χ1n) is 7.17. The Kier molecular flexibility index (Phi) is 6.33. The fraction of sp³-hybridized carbons (Fsp3) is 0.600. The quantitative estimate of drug-likeness (QED) is 0.870. The van der Waals surface area contributed by atoms with Crippen LogP contribution >= 0.6 is 11.8 Å². The molecule has 1 aromatic heterocycles. The normalized spacial score (nSPS) is 19.8. The number of carbonyl (C=O) groups is 1. The van der Waals surface area contributed by atoms with Crippen molar-refractivity contribution in [3.8, 4) is 0 Å². The van der Waals surface area contributed by atoms with E-state index in [1.54, 1.807) is 18.0 Å². The van der Waals surface area contributed by atoms with Crippen LogP contribution in [0, 0.1) is 0 Å². The molecular weight excluding hydrogens is 270 g/mol. The second kappa shape index (κ2) is 8.27. The Bertz CT molecular complexity index is 413. The number of likely N-dealkylation sites (tertiary alicyclic amines) is 1. The van der Waals surface area contributed by atoms with Gasteiger partial charge in [-0.25, -0.2) is 0 Å². The summed E-state index contributed by atoms with van der Waals surface area (Å²) in [7, 11) is 0. The summed E-state index contributed by atoms with van der Waals surface area (Å²) < 4.78 is 0. The molecule has 110 valence electrons. The van der Waals surface area contributed by atoms with Crippen LogP contribution in [-0.2, 0) is 11.3 Å². The van der Waals surface area contributed by atoms with E-state index in [1.807, 2.05) is 18.5 Å². The molecule has 1 aliphatic rings. The molecule has 1 fully saturated rings. The van der Waals surface area contributed by atoms with Gasteiger partial charge >= 0.3 is 0 Å². The van der Waals surface area contributed by atoms with E-state index in [0.29, 0.717) is 12.5 Å². The summed E-state index contributed by atoms with van der Waals surface area (Å²) in [5.41, 5.74) is 1.24. The number of nitrogens with zero attached hydrogens (tertiary/aromatic N) is 2. The number of amides is 1. The van der Waals surface area contributed by atoms with Crippen LogP contribution < -0.4 is 5.32 Å². The summed E-state index contributed by atoms with van der Waals surface area (Å²) in [4.78, 5) is 18.3. The molecule has 1 atom stereocenters. The second-order valence-corrected chi connectivity index (χ2v) is 6.23. The van der Waals surface area contributed by atoms with Crippen LogP contribution in [0.2, 0.25) is 0 Å². The smallest absolute Gasteiger partial charge is 0.221 e. The standard InChI is InChI=1S/C15H23N3OS/c1-20-9-6-15(19)17-14-5-3-8-18(12-14)11-13-4-2-7-16-10-13/h2,4,7,10,14H,3,5-6,8-9,11-12H2,1H3,(H,17,19)/t14-/m1/s1. The van der Waals surface area contributed by atoms with Crippen molar-refractivity contribution in [1.29, 1.82) is 0 Å². The van der Waals surface area contributed by atoms with E-state index in [1.165, 1.54) is 5.56 Å². The Hall–Kier alpha value is -1.07. The Morgan fingerprint density at radius 1 is 1.60 bits per heavy atom. The van der Waals surface area contributed by atoms with Gasteiger partial charge in [0.05, 0.1) is 0 Å². The monoisotopic (exact) mass is 293 g/mol. The molecule has 4 nitrogen and oxygen atoms in total.